The van der Waals surface area contributed by atoms with Gasteiger partial charge in [0.2, 0.25) is 11.8 Å². The number of piperazine rings is 1. The number of hydrogen-bond donors (Lipinski definition) is 1. The number of benzene rings is 1. The third-order valence-corrected chi connectivity index (χ3v) is 6.43. The number of hydrazine groups is 1. The molecule has 4 amide bonds. The van der Waals surface area contributed by atoms with Gasteiger partial charge in [-0.2, -0.15) is 0 Å². The van der Waals surface area contributed by atoms with E-state index in [0.29, 0.717) is 32.6 Å². The molecule has 10 heteroatoms. The number of likely N-dealkylation sites (N-methyl/N-ethyl adjacent to an activating group) is 1. The number of fused-ring (bicyclic) bond motifs is 1. The smallest absolute Gasteiger partial charge is 0.334 e. The van der Waals surface area contributed by atoms with Gasteiger partial charge < -0.3 is 19.9 Å². The van der Waals surface area contributed by atoms with E-state index in [1.807, 2.05) is 6.92 Å². The van der Waals surface area contributed by atoms with Crippen LogP contribution in [0.3, 0.4) is 0 Å². The summed E-state index contributed by atoms with van der Waals surface area (Å²) in [5.74, 6) is -0.564. The van der Waals surface area contributed by atoms with Crippen molar-refractivity contribution >= 4 is 17.8 Å². The lowest BCUT2D eigenvalue weighted by Gasteiger charge is -2.54. The number of hydrogen-bond acceptors (Lipinski definition) is 5. The minimum absolute atomic E-state index is 0.0131. The fraction of sp³-hybridized carbons (Fsp3) is 0.640. The van der Waals surface area contributed by atoms with Gasteiger partial charge in [0.05, 0.1) is 13.1 Å². The molecule has 2 aliphatic rings. The van der Waals surface area contributed by atoms with Crippen LogP contribution in [-0.2, 0) is 20.9 Å². The Bertz CT molecular complexity index is 868. The number of nitrogens with zero attached hydrogens (tertiary/aromatic N) is 4. The third kappa shape index (κ3) is 6.70. The Balaban J connectivity index is 1.72. The standard InChI is InChI=1S/C25H38FN5O4/c1-4-6-14-35-15-7-13-29-17-22-30(21(8-5-2)24(29)33)23(32)18-28(3)31(22)25(34)27-16-19-9-11-20(26)12-10-19/h9-12,21-22H,4-8,13-18H2,1-3H3,(H,27,34)/t21-,22-/m0/s1. The van der Waals surface area contributed by atoms with E-state index < -0.39 is 12.2 Å². The summed E-state index contributed by atoms with van der Waals surface area (Å²) in [6.45, 7) is 6.36. The van der Waals surface area contributed by atoms with E-state index >= 15 is 0 Å². The van der Waals surface area contributed by atoms with Crippen LogP contribution in [0.2, 0.25) is 0 Å². The van der Waals surface area contributed by atoms with E-state index in [0.717, 1.165) is 24.8 Å². The van der Waals surface area contributed by atoms with E-state index in [9.17, 15) is 18.8 Å². The van der Waals surface area contributed by atoms with Crippen LogP contribution < -0.4 is 5.32 Å². The summed E-state index contributed by atoms with van der Waals surface area (Å²) in [6.07, 6.45) is 3.47. The van der Waals surface area contributed by atoms with Crippen LogP contribution in [0.15, 0.2) is 24.3 Å². The Labute approximate surface area is 207 Å². The van der Waals surface area contributed by atoms with Crippen molar-refractivity contribution in [1.29, 1.82) is 0 Å². The topological polar surface area (TPSA) is 85.4 Å². The molecule has 1 N–H and O–H groups in total. The molecule has 2 fully saturated rings. The van der Waals surface area contributed by atoms with Crippen LogP contribution in [0, 0.1) is 5.82 Å². The second-order valence-corrected chi connectivity index (χ2v) is 9.14. The molecule has 0 saturated carbocycles. The van der Waals surface area contributed by atoms with Gasteiger partial charge in [-0.05, 0) is 37.0 Å². The highest BCUT2D eigenvalue weighted by molar-refractivity contribution is 5.91. The molecule has 0 spiro atoms. The Morgan fingerprint density at radius 3 is 2.51 bits per heavy atom. The van der Waals surface area contributed by atoms with Crippen molar-refractivity contribution in [3.63, 3.8) is 0 Å². The minimum atomic E-state index is -0.593. The number of carbonyl (C=O) groups is 3. The number of urea groups is 1. The summed E-state index contributed by atoms with van der Waals surface area (Å²) in [4.78, 5) is 42.9. The third-order valence-electron chi connectivity index (χ3n) is 6.43. The molecule has 0 unspecified atom stereocenters. The number of rotatable bonds is 11. The molecule has 9 nitrogen and oxygen atoms in total. The first-order valence-corrected chi connectivity index (χ1v) is 12.6. The predicted molar refractivity (Wildman–Crippen MR) is 129 cm³/mol. The maximum absolute atomic E-state index is 13.3. The summed E-state index contributed by atoms with van der Waals surface area (Å²) in [5.41, 5.74) is 0.764. The van der Waals surface area contributed by atoms with E-state index in [2.05, 4.69) is 12.2 Å². The van der Waals surface area contributed by atoms with Crippen molar-refractivity contribution in [1.82, 2.24) is 25.1 Å². The maximum atomic E-state index is 13.3. The Kier molecular flexibility index (Phi) is 9.85. The molecule has 0 radical (unpaired) electrons. The van der Waals surface area contributed by atoms with Gasteiger partial charge in [0, 0.05) is 33.4 Å². The molecule has 2 aliphatic heterocycles. The fourth-order valence-corrected chi connectivity index (χ4v) is 4.62. The molecule has 1 aromatic rings. The average Bonchev–Trinajstić information content (AvgIpc) is 2.83. The fourth-order valence-electron chi connectivity index (χ4n) is 4.62. The summed E-state index contributed by atoms with van der Waals surface area (Å²) < 4.78 is 18.9. The summed E-state index contributed by atoms with van der Waals surface area (Å²) in [6, 6.07) is 4.97. The van der Waals surface area contributed by atoms with Crippen molar-refractivity contribution in [2.45, 2.75) is 64.7 Å². The number of amides is 4. The molecule has 0 aliphatic carbocycles. The zero-order valence-corrected chi connectivity index (χ0v) is 21.0. The first kappa shape index (κ1) is 26.9. The Morgan fingerprint density at radius 1 is 1.11 bits per heavy atom. The molecule has 3 rings (SSSR count). The van der Waals surface area contributed by atoms with Gasteiger partial charge in [-0.25, -0.2) is 19.2 Å². The normalized spacial score (nSPS) is 20.9. The van der Waals surface area contributed by atoms with Crippen LogP contribution in [0.5, 0.6) is 0 Å². The monoisotopic (exact) mass is 491 g/mol. The predicted octanol–water partition coefficient (Wildman–Crippen LogP) is 2.57. The van der Waals surface area contributed by atoms with Gasteiger partial charge >= 0.3 is 6.03 Å². The molecule has 2 saturated heterocycles. The quantitative estimate of drug-likeness (QED) is 0.481. The number of carbonyl (C=O) groups excluding carboxylic acids is 3. The molecule has 0 bridgehead atoms. The average molecular weight is 492 g/mol. The lowest BCUT2D eigenvalue weighted by atomic mass is 10.0. The molecule has 2 atom stereocenters. The molecule has 0 aromatic heterocycles. The van der Waals surface area contributed by atoms with Crippen molar-refractivity contribution in [2.24, 2.45) is 0 Å². The lowest BCUT2D eigenvalue weighted by Crippen LogP contribution is -2.76. The lowest BCUT2D eigenvalue weighted by molar-refractivity contribution is -0.187. The highest BCUT2D eigenvalue weighted by Crippen LogP contribution is 2.28. The zero-order chi connectivity index (χ0) is 25.4. The van der Waals surface area contributed by atoms with E-state index in [-0.39, 0.29) is 43.3 Å². The van der Waals surface area contributed by atoms with Crippen molar-refractivity contribution < 1.29 is 23.5 Å². The van der Waals surface area contributed by atoms with Gasteiger partial charge in [-0.3, -0.25) is 9.59 Å². The first-order valence-electron chi connectivity index (χ1n) is 12.6. The molecule has 194 valence electrons. The van der Waals surface area contributed by atoms with Crippen molar-refractivity contribution in [2.75, 3.05) is 39.9 Å². The van der Waals surface area contributed by atoms with Gasteiger partial charge in [0.25, 0.3) is 0 Å². The molecular weight excluding hydrogens is 453 g/mol. The highest BCUT2D eigenvalue weighted by atomic mass is 19.1. The summed E-state index contributed by atoms with van der Waals surface area (Å²) in [7, 11) is 1.70. The molecular formula is C25H38FN5O4. The van der Waals surface area contributed by atoms with Crippen LogP contribution in [0.1, 0.15) is 51.5 Å². The number of unbranched alkanes of at least 4 members (excludes halogenated alkanes) is 1. The van der Waals surface area contributed by atoms with Crippen LogP contribution in [-0.4, -0.2) is 89.8 Å². The van der Waals surface area contributed by atoms with E-state index in [1.54, 1.807) is 34.0 Å². The molecule has 35 heavy (non-hydrogen) atoms. The van der Waals surface area contributed by atoms with Gasteiger partial charge in [0.15, 0.2) is 0 Å². The first-order chi connectivity index (χ1) is 16.9. The van der Waals surface area contributed by atoms with E-state index in [1.165, 1.54) is 17.1 Å². The second-order valence-electron chi connectivity index (χ2n) is 9.14. The van der Waals surface area contributed by atoms with E-state index in [4.69, 9.17) is 4.74 Å². The van der Waals surface area contributed by atoms with Crippen molar-refractivity contribution in [3.05, 3.63) is 35.6 Å². The molecule has 2 heterocycles. The summed E-state index contributed by atoms with van der Waals surface area (Å²) >= 11 is 0. The second kappa shape index (κ2) is 12.8. The number of nitrogens with one attached hydrogen (secondary N) is 1. The Hall–Kier alpha value is -2.72. The molecule has 1 aromatic carbocycles. The van der Waals surface area contributed by atoms with Crippen LogP contribution in [0.25, 0.3) is 0 Å². The maximum Gasteiger partial charge on any atom is 0.334 e. The number of ether oxygens (including phenoxy) is 1. The Morgan fingerprint density at radius 2 is 1.83 bits per heavy atom. The number of halogens is 1. The minimum Gasteiger partial charge on any atom is -0.381 e. The van der Waals surface area contributed by atoms with Crippen LogP contribution >= 0.6 is 0 Å². The largest absolute Gasteiger partial charge is 0.381 e. The van der Waals surface area contributed by atoms with Crippen molar-refractivity contribution in [3.8, 4) is 0 Å². The van der Waals surface area contributed by atoms with Gasteiger partial charge in [0.1, 0.15) is 18.0 Å². The van der Waals surface area contributed by atoms with Crippen LogP contribution in [0.4, 0.5) is 9.18 Å². The van der Waals surface area contributed by atoms with Gasteiger partial charge in [-0.1, -0.05) is 38.8 Å². The zero-order valence-electron chi connectivity index (χ0n) is 21.0. The summed E-state index contributed by atoms with van der Waals surface area (Å²) in [5, 5.41) is 6.01. The van der Waals surface area contributed by atoms with Gasteiger partial charge in [-0.15, -0.1) is 0 Å². The SMILES string of the molecule is CCCCOCCCN1C[C@H]2N(C(=O)CN(C)N2C(=O)NCc2ccc(F)cc2)[C@@H](CCC)C1=O. The highest BCUT2D eigenvalue weighted by Gasteiger charge is 2.50.